The first-order valence-corrected chi connectivity index (χ1v) is 4.78. The fraction of sp³-hybridized carbons (Fsp3) is 0.400. The first kappa shape index (κ1) is 14.1. The minimum absolute atomic E-state index is 0.0169. The van der Waals surface area contributed by atoms with Crippen LogP contribution in [0.2, 0.25) is 0 Å². The second kappa shape index (κ2) is 5.11. The summed E-state index contributed by atoms with van der Waals surface area (Å²) in [4.78, 5) is 24.6. The second-order valence-electron chi connectivity index (χ2n) is 3.41. The molecule has 0 bridgehead atoms. The fourth-order valence-electron chi connectivity index (χ4n) is 1.21. The number of methoxy groups -OCH3 is 1. The minimum atomic E-state index is -4.90. The van der Waals surface area contributed by atoms with Crippen LogP contribution in [-0.4, -0.2) is 24.4 Å². The van der Waals surface area contributed by atoms with Crippen molar-refractivity contribution in [1.29, 1.82) is 0 Å². The second-order valence-corrected chi connectivity index (χ2v) is 3.41. The number of hydrogen-bond acceptors (Lipinski definition) is 4. The zero-order chi connectivity index (χ0) is 13.9. The largest absolute Gasteiger partial charge is 0.573 e. The molecule has 8 heteroatoms. The van der Waals surface area contributed by atoms with Gasteiger partial charge in [-0.25, -0.2) is 0 Å². The first-order valence-electron chi connectivity index (χ1n) is 4.78. The van der Waals surface area contributed by atoms with Crippen LogP contribution in [0, 0.1) is 6.92 Å². The van der Waals surface area contributed by atoms with Crippen molar-refractivity contribution in [2.75, 3.05) is 7.11 Å². The van der Waals surface area contributed by atoms with E-state index in [1.807, 2.05) is 0 Å². The standard InChI is InChI=1S/C10H10F3NO4/c1-5-7(18-10(11,12)13)3-6(14-9(5)16)4-8(15)17-2/h3H,4H2,1-2H3,(H,14,16). The summed E-state index contributed by atoms with van der Waals surface area (Å²) in [5.41, 5.74) is -0.992. The van der Waals surface area contributed by atoms with Gasteiger partial charge in [-0.05, 0) is 6.92 Å². The van der Waals surface area contributed by atoms with Crippen LogP contribution in [0.1, 0.15) is 11.3 Å². The number of alkyl halides is 3. The van der Waals surface area contributed by atoms with Gasteiger partial charge in [0.05, 0.1) is 19.1 Å². The summed E-state index contributed by atoms with van der Waals surface area (Å²) < 4.78 is 44.3. The molecule has 0 aliphatic carbocycles. The van der Waals surface area contributed by atoms with Crippen molar-refractivity contribution in [3.63, 3.8) is 0 Å². The molecular weight excluding hydrogens is 255 g/mol. The molecule has 0 radical (unpaired) electrons. The molecule has 1 aromatic heterocycles. The van der Waals surface area contributed by atoms with Crippen LogP contribution < -0.4 is 10.3 Å². The molecule has 100 valence electrons. The Bertz CT molecular complexity index is 507. The highest BCUT2D eigenvalue weighted by Crippen LogP contribution is 2.24. The van der Waals surface area contributed by atoms with Gasteiger partial charge in [-0.15, -0.1) is 13.2 Å². The van der Waals surface area contributed by atoms with E-state index in [0.717, 1.165) is 13.2 Å². The Morgan fingerprint density at radius 1 is 1.44 bits per heavy atom. The number of ether oxygens (including phenoxy) is 2. The highest BCUT2D eigenvalue weighted by atomic mass is 19.4. The van der Waals surface area contributed by atoms with Crippen LogP contribution in [-0.2, 0) is 16.0 Å². The number of nitrogens with one attached hydrogen (secondary N) is 1. The van der Waals surface area contributed by atoms with E-state index >= 15 is 0 Å². The maximum Gasteiger partial charge on any atom is 0.573 e. The number of pyridine rings is 1. The van der Waals surface area contributed by atoms with Crippen LogP contribution in [0.25, 0.3) is 0 Å². The molecule has 18 heavy (non-hydrogen) atoms. The summed E-state index contributed by atoms with van der Waals surface area (Å²) in [6, 6.07) is 0.946. The number of H-pyrrole nitrogens is 1. The normalized spacial score (nSPS) is 11.2. The third-order valence-corrected chi connectivity index (χ3v) is 2.08. The van der Waals surface area contributed by atoms with Gasteiger partial charge in [0.2, 0.25) is 0 Å². The van der Waals surface area contributed by atoms with Crippen molar-refractivity contribution >= 4 is 5.97 Å². The molecule has 0 aliphatic heterocycles. The number of halogens is 3. The zero-order valence-corrected chi connectivity index (χ0v) is 9.55. The molecule has 0 unspecified atom stereocenters. The molecule has 0 aromatic carbocycles. The molecule has 0 amide bonds. The molecule has 0 spiro atoms. The zero-order valence-electron chi connectivity index (χ0n) is 9.55. The van der Waals surface area contributed by atoms with E-state index in [0.29, 0.717) is 0 Å². The summed E-state index contributed by atoms with van der Waals surface area (Å²) in [6.45, 7) is 1.18. The van der Waals surface area contributed by atoms with Gasteiger partial charge in [0, 0.05) is 11.8 Å². The van der Waals surface area contributed by atoms with E-state index in [4.69, 9.17) is 0 Å². The third-order valence-electron chi connectivity index (χ3n) is 2.08. The van der Waals surface area contributed by atoms with Gasteiger partial charge in [-0.3, -0.25) is 9.59 Å². The van der Waals surface area contributed by atoms with Crippen LogP contribution in [0.5, 0.6) is 5.75 Å². The molecule has 1 rings (SSSR count). The quantitative estimate of drug-likeness (QED) is 0.836. The SMILES string of the molecule is COC(=O)Cc1cc(OC(F)(F)F)c(C)c(=O)[nH]1. The molecule has 0 aliphatic rings. The lowest BCUT2D eigenvalue weighted by atomic mass is 10.2. The van der Waals surface area contributed by atoms with Gasteiger partial charge in [0.15, 0.2) is 0 Å². The van der Waals surface area contributed by atoms with Gasteiger partial charge in [-0.2, -0.15) is 0 Å². The molecule has 5 nitrogen and oxygen atoms in total. The number of carbonyl (C=O) groups excluding carboxylic acids is 1. The molecule has 0 atom stereocenters. The van der Waals surface area contributed by atoms with Gasteiger partial charge in [0.1, 0.15) is 5.75 Å². The van der Waals surface area contributed by atoms with E-state index in [-0.39, 0.29) is 17.7 Å². The van der Waals surface area contributed by atoms with Crippen molar-refractivity contribution in [2.45, 2.75) is 19.7 Å². The number of esters is 1. The summed E-state index contributed by atoms with van der Waals surface area (Å²) >= 11 is 0. The number of hydrogen-bond donors (Lipinski definition) is 1. The molecule has 0 fully saturated rings. The van der Waals surface area contributed by atoms with Crippen molar-refractivity contribution in [2.24, 2.45) is 0 Å². The van der Waals surface area contributed by atoms with Crippen molar-refractivity contribution in [3.05, 3.63) is 27.7 Å². The van der Waals surface area contributed by atoms with Crippen molar-refractivity contribution in [1.82, 2.24) is 4.98 Å². The van der Waals surface area contributed by atoms with Gasteiger partial charge < -0.3 is 14.5 Å². The first-order chi connectivity index (χ1) is 8.23. The van der Waals surface area contributed by atoms with Crippen LogP contribution in [0.4, 0.5) is 13.2 Å². The maximum absolute atomic E-state index is 12.1. The smallest absolute Gasteiger partial charge is 0.469 e. The molecule has 1 heterocycles. The predicted molar refractivity (Wildman–Crippen MR) is 54.2 cm³/mol. The van der Waals surface area contributed by atoms with Crippen LogP contribution in [0.15, 0.2) is 10.9 Å². The average Bonchev–Trinajstić information content (AvgIpc) is 2.23. The van der Waals surface area contributed by atoms with Gasteiger partial charge in [0.25, 0.3) is 5.56 Å². The Morgan fingerprint density at radius 3 is 2.56 bits per heavy atom. The average molecular weight is 265 g/mol. The summed E-state index contributed by atoms with van der Waals surface area (Å²) in [6.07, 6.45) is -5.25. The van der Waals surface area contributed by atoms with E-state index in [1.165, 1.54) is 6.92 Å². The number of rotatable bonds is 3. The lowest BCUT2D eigenvalue weighted by Gasteiger charge is -2.11. The Kier molecular flexibility index (Phi) is 4.00. The third kappa shape index (κ3) is 3.79. The number of carbonyl (C=O) groups is 1. The molecule has 0 saturated carbocycles. The number of aromatic nitrogens is 1. The number of aromatic amines is 1. The Morgan fingerprint density at radius 2 is 2.06 bits per heavy atom. The van der Waals surface area contributed by atoms with E-state index in [2.05, 4.69) is 14.5 Å². The fourth-order valence-corrected chi connectivity index (χ4v) is 1.21. The van der Waals surface area contributed by atoms with Gasteiger partial charge in [-0.1, -0.05) is 0 Å². The Hall–Kier alpha value is -1.99. The van der Waals surface area contributed by atoms with Crippen molar-refractivity contribution < 1.29 is 27.4 Å². The summed E-state index contributed by atoms with van der Waals surface area (Å²) in [7, 11) is 1.13. The van der Waals surface area contributed by atoms with Crippen molar-refractivity contribution in [3.8, 4) is 5.75 Å². The topological polar surface area (TPSA) is 68.4 Å². The lowest BCUT2D eigenvalue weighted by Crippen LogP contribution is -2.22. The van der Waals surface area contributed by atoms with Crippen LogP contribution in [0.3, 0.4) is 0 Å². The molecule has 1 N–H and O–H groups in total. The minimum Gasteiger partial charge on any atom is -0.469 e. The Balaban J connectivity index is 3.11. The molecule has 1 aromatic rings. The monoisotopic (exact) mass is 265 g/mol. The molecular formula is C10H10F3NO4. The van der Waals surface area contributed by atoms with E-state index in [1.54, 1.807) is 0 Å². The Labute approximate surface area is 99.5 Å². The highest BCUT2D eigenvalue weighted by Gasteiger charge is 2.32. The van der Waals surface area contributed by atoms with E-state index in [9.17, 15) is 22.8 Å². The highest BCUT2D eigenvalue weighted by molar-refractivity contribution is 5.71. The summed E-state index contributed by atoms with van der Waals surface area (Å²) in [5.74, 6) is -1.32. The maximum atomic E-state index is 12.1. The van der Waals surface area contributed by atoms with E-state index < -0.39 is 23.6 Å². The predicted octanol–water partition coefficient (Wildman–Crippen LogP) is 1.30. The summed E-state index contributed by atoms with van der Waals surface area (Å²) in [5, 5.41) is 0. The van der Waals surface area contributed by atoms with Crippen LogP contribution >= 0.6 is 0 Å². The molecule has 0 saturated heterocycles. The van der Waals surface area contributed by atoms with Gasteiger partial charge >= 0.3 is 12.3 Å². The lowest BCUT2D eigenvalue weighted by molar-refractivity contribution is -0.274.